The van der Waals surface area contributed by atoms with Crippen LogP contribution < -0.4 is 10.5 Å². The first-order valence-corrected chi connectivity index (χ1v) is 9.43. The van der Waals surface area contributed by atoms with Crippen molar-refractivity contribution < 1.29 is 13.9 Å². The number of esters is 1. The summed E-state index contributed by atoms with van der Waals surface area (Å²) in [5.74, 6) is 0.929. The fourth-order valence-electron chi connectivity index (χ4n) is 3.61. The molecule has 0 amide bonds. The van der Waals surface area contributed by atoms with Crippen LogP contribution in [0.15, 0.2) is 52.9 Å². The smallest absolute Gasteiger partial charge is 0.379 e. The van der Waals surface area contributed by atoms with Crippen LogP contribution in [-0.2, 0) is 6.54 Å². The van der Waals surface area contributed by atoms with Crippen LogP contribution in [0.2, 0.25) is 0 Å². The number of nitrogens with zero attached hydrogens (tertiary/aromatic N) is 1. The Morgan fingerprint density at radius 3 is 2.75 bits per heavy atom. The van der Waals surface area contributed by atoms with Crippen molar-refractivity contribution in [3.05, 3.63) is 65.6 Å². The minimum Gasteiger partial charge on any atom is -0.453 e. The van der Waals surface area contributed by atoms with Gasteiger partial charge in [-0.15, -0.1) is 0 Å². The summed E-state index contributed by atoms with van der Waals surface area (Å²) in [6.07, 6.45) is 2.40. The highest BCUT2D eigenvalue weighted by Crippen LogP contribution is 2.24. The number of nitrogen functional groups attached to an aromatic ring is 1. The lowest BCUT2D eigenvalue weighted by Crippen LogP contribution is -2.25. The molecule has 0 bridgehead atoms. The van der Waals surface area contributed by atoms with Crippen LogP contribution in [0.1, 0.15) is 41.6 Å². The van der Waals surface area contributed by atoms with E-state index in [-0.39, 0.29) is 11.6 Å². The zero-order valence-corrected chi connectivity index (χ0v) is 15.8. The molecular weight excluding hydrogens is 354 g/mol. The molecule has 1 aliphatic rings. The minimum absolute atomic E-state index is 0.0225. The second-order valence-electron chi connectivity index (χ2n) is 7.25. The van der Waals surface area contributed by atoms with Crippen molar-refractivity contribution in [3.63, 3.8) is 0 Å². The Morgan fingerprint density at radius 1 is 1.21 bits per heavy atom. The number of amidine groups is 1. The van der Waals surface area contributed by atoms with Crippen molar-refractivity contribution in [2.24, 2.45) is 5.73 Å². The number of nitrogens with one attached hydrogen (secondary N) is 1. The summed E-state index contributed by atoms with van der Waals surface area (Å²) < 4.78 is 11.2. The number of carbonyl (C=O) groups excluding carboxylic acids is 1. The summed E-state index contributed by atoms with van der Waals surface area (Å²) in [6, 6.07) is 14.9. The van der Waals surface area contributed by atoms with Gasteiger partial charge in [0.15, 0.2) is 0 Å². The summed E-state index contributed by atoms with van der Waals surface area (Å²) in [7, 11) is 0. The van der Waals surface area contributed by atoms with Gasteiger partial charge < -0.3 is 14.9 Å². The Morgan fingerprint density at radius 2 is 2.00 bits per heavy atom. The number of ether oxygens (including phenoxy) is 1. The van der Waals surface area contributed by atoms with Crippen molar-refractivity contribution >= 4 is 22.6 Å². The maximum absolute atomic E-state index is 12.4. The number of carbonyl (C=O) groups is 1. The van der Waals surface area contributed by atoms with Gasteiger partial charge in [0.25, 0.3) is 0 Å². The molecule has 1 fully saturated rings. The first-order valence-electron chi connectivity index (χ1n) is 9.43. The lowest BCUT2D eigenvalue weighted by Gasteiger charge is -2.19. The highest BCUT2D eigenvalue weighted by Gasteiger charge is 2.22. The third-order valence-corrected chi connectivity index (χ3v) is 5.25. The molecule has 1 atom stereocenters. The molecule has 1 aromatic heterocycles. The zero-order chi connectivity index (χ0) is 19.7. The summed E-state index contributed by atoms with van der Waals surface area (Å²) in [5, 5.41) is 9.34. The third-order valence-electron chi connectivity index (χ3n) is 5.25. The quantitative estimate of drug-likeness (QED) is 0.304. The Bertz CT molecular complexity index is 1040. The van der Waals surface area contributed by atoms with Crippen LogP contribution in [0, 0.1) is 5.41 Å². The van der Waals surface area contributed by atoms with Gasteiger partial charge >= 0.3 is 5.97 Å². The number of furan rings is 1. The molecule has 6 nitrogen and oxygen atoms in total. The van der Waals surface area contributed by atoms with E-state index >= 15 is 0 Å². The van der Waals surface area contributed by atoms with E-state index in [1.807, 2.05) is 24.3 Å². The molecule has 0 spiro atoms. The van der Waals surface area contributed by atoms with E-state index in [1.54, 1.807) is 24.3 Å². The standard InChI is InChI=1S/C22H23N3O3/c1-14-3-2-10-25(14)13-19-8-9-20(27-19)22(26)28-18-7-6-15-11-17(21(23)24)5-4-16(15)12-18/h4-9,11-12,14H,2-3,10,13H2,1H3,(H3,23,24). The number of likely N-dealkylation sites (tertiary alicyclic amines) is 1. The SMILES string of the molecule is CC1CCCN1Cc1ccc(C(=O)Oc2ccc3cc(C(=N)N)ccc3c2)o1. The monoisotopic (exact) mass is 377 g/mol. The van der Waals surface area contributed by atoms with Gasteiger partial charge in [-0.3, -0.25) is 10.3 Å². The molecule has 4 rings (SSSR count). The second-order valence-corrected chi connectivity index (χ2v) is 7.25. The maximum atomic E-state index is 12.4. The lowest BCUT2D eigenvalue weighted by atomic mass is 10.1. The largest absolute Gasteiger partial charge is 0.453 e. The van der Waals surface area contributed by atoms with Crippen LogP contribution in [0.3, 0.4) is 0 Å². The fourth-order valence-corrected chi connectivity index (χ4v) is 3.61. The van der Waals surface area contributed by atoms with E-state index in [4.69, 9.17) is 20.3 Å². The van der Waals surface area contributed by atoms with Crippen LogP contribution >= 0.6 is 0 Å². The van der Waals surface area contributed by atoms with Crippen LogP contribution in [0.5, 0.6) is 5.75 Å². The highest BCUT2D eigenvalue weighted by molar-refractivity contribution is 5.99. The topological polar surface area (TPSA) is 92.5 Å². The summed E-state index contributed by atoms with van der Waals surface area (Å²) in [4.78, 5) is 14.8. The molecule has 2 aromatic carbocycles. The van der Waals surface area contributed by atoms with E-state index in [9.17, 15) is 4.79 Å². The van der Waals surface area contributed by atoms with E-state index in [1.165, 1.54) is 12.8 Å². The molecule has 6 heteroatoms. The Kier molecular flexibility index (Phi) is 4.88. The van der Waals surface area contributed by atoms with Gasteiger partial charge in [0, 0.05) is 11.6 Å². The molecule has 1 saturated heterocycles. The Balaban J connectivity index is 1.46. The Labute approximate surface area is 163 Å². The molecular formula is C22H23N3O3. The van der Waals surface area contributed by atoms with Crippen LogP contribution in [0.4, 0.5) is 0 Å². The fraction of sp³-hybridized carbons (Fsp3) is 0.273. The van der Waals surface area contributed by atoms with Gasteiger partial charge in [-0.1, -0.05) is 18.2 Å². The summed E-state index contributed by atoms with van der Waals surface area (Å²) >= 11 is 0. The molecule has 28 heavy (non-hydrogen) atoms. The number of nitrogens with two attached hydrogens (primary N) is 1. The third kappa shape index (κ3) is 3.77. The van der Waals surface area contributed by atoms with Gasteiger partial charge in [0.1, 0.15) is 17.3 Å². The second kappa shape index (κ2) is 7.48. The predicted octanol–water partition coefficient (Wildman–Crippen LogP) is 3.92. The van der Waals surface area contributed by atoms with E-state index < -0.39 is 5.97 Å². The minimum atomic E-state index is -0.513. The first-order chi connectivity index (χ1) is 13.5. The van der Waals surface area contributed by atoms with Gasteiger partial charge in [-0.25, -0.2) is 4.79 Å². The molecule has 2 heterocycles. The molecule has 1 aliphatic heterocycles. The molecule has 3 aromatic rings. The summed E-state index contributed by atoms with van der Waals surface area (Å²) in [5.41, 5.74) is 6.19. The van der Waals surface area contributed by atoms with Crippen molar-refractivity contribution in [1.29, 1.82) is 5.41 Å². The van der Waals surface area contributed by atoms with E-state index in [2.05, 4.69) is 11.8 Å². The van der Waals surface area contributed by atoms with Crippen LogP contribution in [-0.4, -0.2) is 29.3 Å². The number of hydrogen-bond acceptors (Lipinski definition) is 5. The number of rotatable bonds is 5. The van der Waals surface area contributed by atoms with Crippen molar-refractivity contribution in [2.45, 2.75) is 32.4 Å². The lowest BCUT2D eigenvalue weighted by molar-refractivity contribution is 0.0697. The van der Waals surface area contributed by atoms with Crippen molar-refractivity contribution in [1.82, 2.24) is 4.90 Å². The molecule has 144 valence electrons. The molecule has 0 aliphatic carbocycles. The first kappa shape index (κ1) is 18.3. The normalized spacial score (nSPS) is 17.1. The number of benzene rings is 2. The summed E-state index contributed by atoms with van der Waals surface area (Å²) in [6.45, 7) is 3.98. The van der Waals surface area contributed by atoms with Gasteiger partial charge in [-0.2, -0.15) is 0 Å². The number of hydrogen-bond donors (Lipinski definition) is 2. The molecule has 3 N–H and O–H groups in total. The average Bonchev–Trinajstić information content (AvgIpc) is 3.31. The maximum Gasteiger partial charge on any atom is 0.379 e. The van der Waals surface area contributed by atoms with Crippen molar-refractivity contribution in [3.8, 4) is 5.75 Å². The molecule has 0 saturated carbocycles. The average molecular weight is 377 g/mol. The van der Waals surface area contributed by atoms with Gasteiger partial charge in [-0.05, 0) is 67.4 Å². The van der Waals surface area contributed by atoms with Crippen LogP contribution in [0.25, 0.3) is 10.8 Å². The Hall–Kier alpha value is -3.12. The number of fused-ring (bicyclic) bond motifs is 1. The van der Waals surface area contributed by atoms with E-state index in [0.717, 1.165) is 23.1 Å². The van der Waals surface area contributed by atoms with Gasteiger partial charge in [0.2, 0.25) is 5.76 Å². The van der Waals surface area contributed by atoms with Crippen molar-refractivity contribution in [2.75, 3.05) is 6.54 Å². The van der Waals surface area contributed by atoms with Gasteiger partial charge in [0.05, 0.1) is 6.54 Å². The zero-order valence-electron chi connectivity index (χ0n) is 15.8. The van der Waals surface area contributed by atoms with E-state index in [0.29, 0.717) is 23.9 Å². The predicted molar refractivity (Wildman–Crippen MR) is 108 cm³/mol. The molecule has 0 radical (unpaired) electrons. The highest BCUT2D eigenvalue weighted by atomic mass is 16.5. The molecule has 1 unspecified atom stereocenters.